The summed E-state index contributed by atoms with van der Waals surface area (Å²) in [6, 6.07) is 12.4. The van der Waals surface area contributed by atoms with Gasteiger partial charge >= 0.3 is 6.09 Å². The van der Waals surface area contributed by atoms with E-state index in [1.807, 2.05) is 6.07 Å². The van der Waals surface area contributed by atoms with Gasteiger partial charge < -0.3 is 14.4 Å². The zero-order valence-corrected chi connectivity index (χ0v) is 17.5. The predicted octanol–water partition coefficient (Wildman–Crippen LogP) is 3.41. The topological polar surface area (TPSA) is 84.9 Å². The average Bonchev–Trinajstić information content (AvgIpc) is 2.75. The van der Waals surface area contributed by atoms with Crippen LogP contribution < -0.4 is 14.2 Å². The Hall–Kier alpha value is -2.65. The largest absolute Gasteiger partial charge is 0.491 e. The molecule has 0 spiro atoms. The Morgan fingerprint density at radius 2 is 1.87 bits per heavy atom. The standard InChI is InChI=1S/C21H25FN2O5S/c1-2-28-20-9-8-18(14-19(20)22)30(26,27)23-15-16-10-12-24(13-11-16)21(25)29-17-6-4-3-5-7-17/h3-9,14,16,23H,2,10-13,15H2,1H3. The van der Waals surface area contributed by atoms with Crippen molar-refractivity contribution in [1.82, 2.24) is 9.62 Å². The maximum absolute atomic E-state index is 14.0. The summed E-state index contributed by atoms with van der Waals surface area (Å²) in [6.45, 7) is 3.20. The molecule has 0 unspecified atom stereocenters. The van der Waals surface area contributed by atoms with Crippen LogP contribution in [-0.2, 0) is 10.0 Å². The molecule has 3 rings (SSSR count). The SMILES string of the molecule is CCOc1ccc(S(=O)(=O)NCC2CCN(C(=O)Oc3ccccc3)CC2)cc1F. The van der Waals surface area contributed by atoms with Crippen LogP contribution in [0.2, 0.25) is 0 Å². The van der Waals surface area contributed by atoms with Crippen LogP contribution in [0.1, 0.15) is 19.8 Å². The van der Waals surface area contributed by atoms with Gasteiger partial charge in [-0.2, -0.15) is 0 Å². The third kappa shape index (κ3) is 5.70. The van der Waals surface area contributed by atoms with Crippen molar-refractivity contribution in [2.75, 3.05) is 26.2 Å². The van der Waals surface area contributed by atoms with E-state index >= 15 is 0 Å². The van der Waals surface area contributed by atoms with E-state index in [9.17, 15) is 17.6 Å². The first-order valence-corrected chi connectivity index (χ1v) is 11.3. The minimum Gasteiger partial charge on any atom is -0.491 e. The monoisotopic (exact) mass is 436 g/mol. The Balaban J connectivity index is 1.49. The first kappa shape index (κ1) is 22.0. The maximum atomic E-state index is 14.0. The van der Waals surface area contributed by atoms with Gasteiger partial charge in [0.1, 0.15) is 5.75 Å². The number of para-hydroxylation sites is 1. The predicted molar refractivity (Wildman–Crippen MR) is 110 cm³/mol. The summed E-state index contributed by atoms with van der Waals surface area (Å²) in [4.78, 5) is 13.7. The third-order valence-corrected chi connectivity index (χ3v) is 6.32. The lowest BCUT2D eigenvalue weighted by Crippen LogP contribution is -2.42. The lowest BCUT2D eigenvalue weighted by Gasteiger charge is -2.31. The number of piperidine rings is 1. The van der Waals surface area contributed by atoms with Gasteiger partial charge in [-0.1, -0.05) is 18.2 Å². The number of carbonyl (C=O) groups excluding carboxylic acids is 1. The van der Waals surface area contributed by atoms with Crippen LogP contribution in [0.3, 0.4) is 0 Å². The number of ether oxygens (including phenoxy) is 2. The zero-order valence-electron chi connectivity index (χ0n) is 16.7. The molecular weight excluding hydrogens is 411 g/mol. The summed E-state index contributed by atoms with van der Waals surface area (Å²) in [5, 5.41) is 0. The number of sulfonamides is 1. The van der Waals surface area contributed by atoms with Crippen LogP contribution >= 0.6 is 0 Å². The Labute approximate surface area is 175 Å². The number of benzene rings is 2. The second-order valence-electron chi connectivity index (χ2n) is 6.99. The molecule has 1 heterocycles. The van der Waals surface area contributed by atoms with Gasteiger partial charge in [0.05, 0.1) is 11.5 Å². The van der Waals surface area contributed by atoms with Crippen LogP contribution in [0.15, 0.2) is 53.4 Å². The normalized spacial score (nSPS) is 15.1. The molecule has 1 amide bonds. The lowest BCUT2D eigenvalue weighted by molar-refractivity contribution is 0.131. The molecule has 0 bridgehead atoms. The van der Waals surface area contributed by atoms with Gasteiger partial charge in [-0.15, -0.1) is 0 Å². The molecule has 0 atom stereocenters. The number of carbonyl (C=O) groups is 1. The van der Waals surface area contributed by atoms with Gasteiger partial charge in [0.2, 0.25) is 10.0 Å². The van der Waals surface area contributed by atoms with Gasteiger partial charge in [-0.05, 0) is 56.0 Å². The average molecular weight is 437 g/mol. The highest BCUT2D eigenvalue weighted by Gasteiger charge is 2.26. The molecule has 9 heteroatoms. The van der Waals surface area contributed by atoms with E-state index in [0.717, 1.165) is 6.07 Å². The molecule has 162 valence electrons. The van der Waals surface area contributed by atoms with Crippen molar-refractivity contribution in [2.24, 2.45) is 5.92 Å². The smallest absolute Gasteiger partial charge is 0.415 e. The minimum atomic E-state index is -3.84. The molecular formula is C21H25FN2O5S. The van der Waals surface area contributed by atoms with Crippen molar-refractivity contribution in [1.29, 1.82) is 0 Å². The van der Waals surface area contributed by atoms with Crippen molar-refractivity contribution in [3.63, 3.8) is 0 Å². The highest BCUT2D eigenvalue weighted by molar-refractivity contribution is 7.89. The molecule has 1 fully saturated rings. The minimum absolute atomic E-state index is 0.0196. The van der Waals surface area contributed by atoms with Crippen LogP contribution in [0.5, 0.6) is 11.5 Å². The summed E-state index contributed by atoms with van der Waals surface area (Å²) in [5.41, 5.74) is 0. The van der Waals surface area contributed by atoms with E-state index in [4.69, 9.17) is 9.47 Å². The van der Waals surface area contributed by atoms with E-state index in [-0.39, 0.29) is 23.1 Å². The first-order valence-electron chi connectivity index (χ1n) is 9.83. The molecule has 0 saturated carbocycles. The number of nitrogens with one attached hydrogen (secondary N) is 1. The summed E-state index contributed by atoms with van der Waals surface area (Å²) >= 11 is 0. The van der Waals surface area contributed by atoms with Crippen LogP contribution in [-0.4, -0.2) is 45.7 Å². The van der Waals surface area contributed by atoms with Crippen molar-refractivity contribution < 1.29 is 27.1 Å². The molecule has 1 aliphatic heterocycles. The molecule has 0 aliphatic carbocycles. The fraction of sp³-hybridized carbons (Fsp3) is 0.381. The van der Waals surface area contributed by atoms with E-state index in [2.05, 4.69) is 4.72 Å². The number of likely N-dealkylation sites (tertiary alicyclic amines) is 1. The quantitative estimate of drug-likeness (QED) is 0.719. The number of halogens is 1. The van der Waals surface area contributed by atoms with Crippen LogP contribution in [0, 0.1) is 11.7 Å². The Kier molecular flexibility index (Phi) is 7.28. The second-order valence-corrected chi connectivity index (χ2v) is 8.76. The fourth-order valence-corrected chi connectivity index (χ4v) is 4.33. The zero-order chi connectivity index (χ0) is 21.6. The summed E-state index contributed by atoms with van der Waals surface area (Å²) in [7, 11) is -3.84. The van der Waals surface area contributed by atoms with Gasteiger partial charge in [-0.3, -0.25) is 0 Å². The Morgan fingerprint density at radius 1 is 1.17 bits per heavy atom. The van der Waals surface area contributed by atoms with Crippen molar-refractivity contribution in [3.05, 3.63) is 54.3 Å². The highest BCUT2D eigenvalue weighted by atomic mass is 32.2. The number of nitrogens with zero attached hydrogens (tertiary/aromatic N) is 1. The summed E-state index contributed by atoms with van der Waals surface area (Å²) in [6.07, 6.45) is 0.874. The summed E-state index contributed by atoms with van der Waals surface area (Å²) in [5.74, 6) is -0.135. The van der Waals surface area contributed by atoms with Crippen molar-refractivity contribution in [3.8, 4) is 11.5 Å². The maximum Gasteiger partial charge on any atom is 0.415 e. The molecule has 1 aliphatic rings. The number of rotatable bonds is 7. The highest BCUT2D eigenvalue weighted by Crippen LogP contribution is 2.22. The van der Waals surface area contributed by atoms with Crippen LogP contribution in [0.25, 0.3) is 0 Å². The molecule has 0 radical (unpaired) electrons. The van der Waals surface area contributed by atoms with E-state index < -0.39 is 21.9 Å². The molecule has 0 aromatic heterocycles. The van der Waals surface area contributed by atoms with Gasteiger partial charge in [0, 0.05) is 19.6 Å². The molecule has 30 heavy (non-hydrogen) atoms. The van der Waals surface area contributed by atoms with E-state index in [1.54, 1.807) is 36.1 Å². The third-order valence-electron chi connectivity index (χ3n) is 4.90. The van der Waals surface area contributed by atoms with E-state index in [0.29, 0.717) is 38.3 Å². The van der Waals surface area contributed by atoms with Crippen LogP contribution in [0.4, 0.5) is 9.18 Å². The number of hydrogen-bond donors (Lipinski definition) is 1. The number of hydrogen-bond acceptors (Lipinski definition) is 5. The lowest BCUT2D eigenvalue weighted by atomic mass is 9.97. The van der Waals surface area contributed by atoms with Crippen molar-refractivity contribution in [2.45, 2.75) is 24.7 Å². The van der Waals surface area contributed by atoms with Gasteiger partial charge in [0.15, 0.2) is 11.6 Å². The molecule has 2 aromatic carbocycles. The molecule has 2 aromatic rings. The Morgan fingerprint density at radius 3 is 2.50 bits per heavy atom. The number of amides is 1. The fourth-order valence-electron chi connectivity index (χ4n) is 3.21. The summed E-state index contributed by atoms with van der Waals surface area (Å²) < 4.78 is 51.9. The van der Waals surface area contributed by atoms with Crippen molar-refractivity contribution >= 4 is 16.1 Å². The second kappa shape index (κ2) is 9.90. The molecule has 7 nitrogen and oxygen atoms in total. The van der Waals surface area contributed by atoms with Gasteiger partial charge in [0.25, 0.3) is 0 Å². The first-order chi connectivity index (χ1) is 14.4. The Bertz CT molecular complexity index is 961. The molecule has 1 N–H and O–H groups in total. The van der Waals surface area contributed by atoms with Gasteiger partial charge in [-0.25, -0.2) is 22.3 Å². The molecule has 1 saturated heterocycles. The van der Waals surface area contributed by atoms with E-state index in [1.165, 1.54) is 12.1 Å².